The van der Waals surface area contributed by atoms with Crippen LogP contribution >= 0.6 is 0 Å². The largest absolute Gasteiger partial charge is 0.345 e. The van der Waals surface area contributed by atoms with Crippen molar-refractivity contribution in [2.75, 3.05) is 13.6 Å². The Hall–Kier alpha value is -1.35. The van der Waals surface area contributed by atoms with Crippen LogP contribution in [-0.2, 0) is 6.42 Å². The van der Waals surface area contributed by atoms with Crippen molar-refractivity contribution in [3.8, 4) is 0 Å². The minimum Gasteiger partial charge on any atom is -0.345 e. The Kier molecular flexibility index (Phi) is 4.02. The maximum Gasteiger partial charge on any atom is 0.123 e. The molecule has 1 aromatic carbocycles. The summed E-state index contributed by atoms with van der Waals surface area (Å²) in [7, 11) is 1.96. The van der Waals surface area contributed by atoms with E-state index in [1.807, 2.05) is 13.1 Å². The molecule has 18 heavy (non-hydrogen) atoms. The molecule has 0 aliphatic rings. The van der Waals surface area contributed by atoms with Crippen molar-refractivity contribution >= 4 is 10.9 Å². The second-order valence-corrected chi connectivity index (χ2v) is 5.02. The van der Waals surface area contributed by atoms with E-state index in [-0.39, 0.29) is 5.82 Å². The summed E-state index contributed by atoms with van der Waals surface area (Å²) in [5, 5.41) is 4.20. The predicted octanol–water partition coefficient (Wildman–Crippen LogP) is 3.51. The van der Waals surface area contributed by atoms with Gasteiger partial charge in [0.05, 0.1) is 0 Å². The first kappa shape index (κ1) is 13.1. The molecule has 0 saturated carbocycles. The number of rotatable bonds is 5. The molecule has 98 valence electrons. The highest BCUT2D eigenvalue weighted by atomic mass is 19.1. The van der Waals surface area contributed by atoms with Crippen molar-refractivity contribution in [2.45, 2.75) is 32.7 Å². The van der Waals surface area contributed by atoms with Crippen LogP contribution in [0.4, 0.5) is 4.39 Å². The van der Waals surface area contributed by atoms with Crippen molar-refractivity contribution in [3.63, 3.8) is 0 Å². The summed E-state index contributed by atoms with van der Waals surface area (Å²) in [6.07, 6.45) is 4.23. The zero-order valence-electron chi connectivity index (χ0n) is 11.3. The van der Waals surface area contributed by atoms with Crippen molar-refractivity contribution in [1.82, 2.24) is 9.88 Å². The Morgan fingerprint density at radius 2 is 2.11 bits per heavy atom. The highest BCUT2D eigenvalue weighted by Crippen LogP contribution is 2.26. The van der Waals surface area contributed by atoms with Crippen molar-refractivity contribution in [1.29, 1.82) is 0 Å². The number of halogens is 1. The molecular formula is C15H21FN2. The maximum atomic E-state index is 13.4. The number of nitrogens with zero attached hydrogens (tertiary/aromatic N) is 1. The average molecular weight is 248 g/mol. The summed E-state index contributed by atoms with van der Waals surface area (Å²) in [4.78, 5) is 0. The second-order valence-electron chi connectivity index (χ2n) is 5.02. The molecule has 0 radical (unpaired) electrons. The number of nitrogens with one attached hydrogen (secondary N) is 1. The number of aromatic nitrogens is 1. The van der Waals surface area contributed by atoms with Crippen LogP contribution in [0.1, 0.15) is 31.9 Å². The Bertz CT molecular complexity index is 529. The Balaban J connectivity index is 2.41. The molecule has 0 unspecified atom stereocenters. The minimum absolute atomic E-state index is 0.154. The third-order valence-corrected chi connectivity index (χ3v) is 3.31. The fraction of sp³-hybridized carbons (Fsp3) is 0.467. The number of aryl methyl sites for hydroxylation is 1. The monoisotopic (exact) mass is 248 g/mol. The molecule has 1 N–H and O–H groups in total. The first-order valence-electron chi connectivity index (χ1n) is 6.57. The summed E-state index contributed by atoms with van der Waals surface area (Å²) in [5.74, 6) is -0.154. The fourth-order valence-corrected chi connectivity index (χ4v) is 2.38. The van der Waals surface area contributed by atoms with Gasteiger partial charge in [-0.1, -0.05) is 0 Å². The highest BCUT2D eigenvalue weighted by molar-refractivity contribution is 5.84. The maximum absolute atomic E-state index is 13.4. The number of hydrogen-bond donors (Lipinski definition) is 1. The van der Waals surface area contributed by atoms with Gasteiger partial charge in [0.15, 0.2) is 0 Å². The third-order valence-electron chi connectivity index (χ3n) is 3.31. The van der Waals surface area contributed by atoms with Gasteiger partial charge < -0.3 is 9.88 Å². The van der Waals surface area contributed by atoms with E-state index in [0.717, 1.165) is 30.3 Å². The summed E-state index contributed by atoms with van der Waals surface area (Å²) < 4.78 is 15.6. The molecule has 1 heterocycles. The van der Waals surface area contributed by atoms with E-state index in [9.17, 15) is 4.39 Å². The molecule has 0 bridgehead atoms. The van der Waals surface area contributed by atoms with Gasteiger partial charge in [-0.15, -0.1) is 0 Å². The molecule has 0 saturated heterocycles. The van der Waals surface area contributed by atoms with Crippen LogP contribution in [0, 0.1) is 5.82 Å². The lowest BCUT2D eigenvalue weighted by Crippen LogP contribution is -2.08. The van der Waals surface area contributed by atoms with Crippen LogP contribution in [0.25, 0.3) is 10.9 Å². The normalized spacial score (nSPS) is 11.6. The molecule has 0 amide bonds. The van der Waals surface area contributed by atoms with Gasteiger partial charge in [0, 0.05) is 23.1 Å². The molecule has 0 aliphatic heterocycles. The lowest BCUT2D eigenvalue weighted by molar-refractivity contribution is 0.616. The van der Waals surface area contributed by atoms with Gasteiger partial charge in [0.1, 0.15) is 5.82 Å². The van der Waals surface area contributed by atoms with E-state index in [1.54, 1.807) is 12.1 Å². The summed E-state index contributed by atoms with van der Waals surface area (Å²) in [5.41, 5.74) is 2.37. The number of hydrogen-bond acceptors (Lipinski definition) is 1. The Morgan fingerprint density at radius 1 is 1.33 bits per heavy atom. The van der Waals surface area contributed by atoms with Crippen molar-refractivity contribution in [3.05, 3.63) is 35.8 Å². The van der Waals surface area contributed by atoms with Gasteiger partial charge in [-0.2, -0.15) is 0 Å². The minimum atomic E-state index is -0.154. The quantitative estimate of drug-likeness (QED) is 0.801. The van der Waals surface area contributed by atoms with Crippen LogP contribution in [-0.4, -0.2) is 18.2 Å². The van der Waals surface area contributed by atoms with Gasteiger partial charge in [0.2, 0.25) is 0 Å². The van der Waals surface area contributed by atoms with Gasteiger partial charge >= 0.3 is 0 Å². The standard InChI is InChI=1S/C15H21FN2/c1-11(2)18-10-12(5-4-8-17-3)14-9-13(16)6-7-15(14)18/h6-7,9-11,17H,4-5,8H2,1-3H3. The molecule has 3 heteroatoms. The molecule has 2 rings (SSSR count). The Labute approximate surface area is 108 Å². The van der Waals surface area contributed by atoms with E-state index in [1.165, 1.54) is 5.56 Å². The predicted molar refractivity (Wildman–Crippen MR) is 74.5 cm³/mol. The fourth-order valence-electron chi connectivity index (χ4n) is 2.38. The van der Waals surface area contributed by atoms with E-state index >= 15 is 0 Å². The van der Waals surface area contributed by atoms with Gasteiger partial charge in [0.25, 0.3) is 0 Å². The van der Waals surface area contributed by atoms with E-state index in [4.69, 9.17) is 0 Å². The molecule has 2 aromatic rings. The first-order chi connectivity index (χ1) is 8.63. The van der Waals surface area contributed by atoms with Crippen molar-refractivity contribution < 1.29 is 4.39 Å². The van der Waals surface area contributed by atoms with Gasteiger partial charge in [-0.3, -0.25) is 0 Å². The molecule has 0 aliphatic carbocycles. The average Bonchev–Trinajstić information content (AvgIpc) is 2.68. The number of fused-ring (bicyclic) bond motifs is 1. The Morgan fingerprint density at radius 3 is 2.78 bits per heavy atom. The van der Waals surface area contributed by atoms with Crippen molar-refractivity contribution in [2.24, 2.45) is 0 Å². The third kappa shape index (κ3) is 2.56. The van der Waals surface area contributed by atoms with Crippen LogP contribution in [0.3, 0.4) is 0 Å². The van der Waals surface area contributed by atoms with Crippen LogP contribution < -0.4 is 5.32 Å². The second kappa shape index (κ2) is 5.53. The molecular weight excluding hydrogens is 227 g/mol. The summed E-state index contributed by atoms with van der Waals surface area (Å²) in [6.45, 7) is 5.30. The molecule has 1 aromatic heterocycles. The van der Waals surface area contributed by atoms with Gasteiger partial charge in [-0.25, -0.2) is 4.39 Å². The lowest BCUT2D eigenvalue weighted by atomic mass is 10.1. The van der Waals surface area contributed by atoms with E-state index < -0.39 is 0 Å². The first-order valence-corrected chi connectivity index (χ1v) is 6.57. The van der Waals surface area contributed by atoms with E-state index in [2.05, 4.69) is 29.9 Å². The molecule has 0 atom stereocenters. The molecule has 0 fully saturated rings. The smallest absolute Gasteiger partial charge is 0.123 e. The molecule has 2 nitrogen and oxygen atoms in total. The van der Waals surface area contributed by atoms with Crippen LogP contribution in [0.2, 0.25) is 0 Å². The topological polar surface area (TPSA) is 17.0 Å². The van der Waals surface area contributed by atoms with Crippen LogP contribution in [0.5, 0.6) is 0 Å². The van der Waals surface area contributed by atoms with E-state index in [0.29, 0.717) is 6.04 Å². The van der Waals surface area contributed by atoms with Crippen LogP contribution in [0.15, 0.2) is 24.4 Å². The highest BCUT2D eigenvalue weighted by Gasteiger charge is 2.10. The molecule has 0 spiro atoms. The number of benzene rings is 1. The zero-order chi connectivity index (χ0) is 13.1. The SMILES string of the molecule is CNCCCc1cn(C(C)C)c2ccc(F)cc12. The van der Waals surface area contributed by atoms with Gasteiger partial charge in [-0.05, 0) is 64.0 Å². The lowest BCUT2D eigenvalue weighted by Gasteiger charge is -2.08. The summed E-state index contributed by atoms with van der Waals surface area (Å²) in [6, 6.07) is 5.48. The summed E-state index contributed by atoms with van der Waals surface area (Å²) >= 11 is 0. The zero-order valence-corrected chi connectivity index (χ0v) is 11.3.